The summed E-state index contributed by atoms with van der Waals surface area (Å²) in [7, 11) is 1.67. The number of halogens is 1. The van der Waals surface area contributed by atoms with Crippen LogP contribution in [0.25, 0.3) is 0 Å². The van der Waals surface area contributed by atoms with Crippen molar-refractivity contribution in [2.45, 2.75) is 26.8 Å². The van der Waals surface area contributed by atoms with Gasteiger partial charge in [-0.15, -0.1) is 0 Å². The van der Waals surface area contributed by atoms with Crippen LogP contribution in [0, 0.1) is 11.7 Å². The molecule has 0 aromatic heterocycles. The molecule has 1 N–H and O–H groups in total. The summed E-state index contributed by atoms with van der Waals surface area (Å²) in [4.78, 5) is 2.24. The maximum atomic E-state index is 13.0. The van der Waals surface area contributed by atoms with Gasteiger partial charge in [-0.2, -0.15) is 0 Å². The third-order valence-corrected chi connectivity index (χ3v) is 3.17. The van der Waals surface area contributed by atoms with E-state index in [1.165, 1.54) is 6.07 Å². The van der Waals surface area contributed by atoms with E-state index in [2.05, 4.69) is 18.7 Å². The van der Waals surface area contributed by atoms with Crippen molar-refractivity contribution in [2.75, 3.05) is 26.8 Å². The molecule has 108 valence electrons. The molecule has 1 aromatic carbocycles. The van der Waals surface area contributed by atoms with Crippen molar-refractivity contribution in [3.05, 3.63) is 29.6 Å². The minimum absolute atomic E-state index is 0.0127. The Balaban J connectivity index is 2.87. The van der Waals surface area contributed by atoms with Crippen LogP contribution in [0.5, 0.6) is 5.75 Å². The SMILES string of the molecule is COCCN(CC(C)C)C(C)c1ccc(F)cc1O. The Labute approximate surface area is 115 Å². The Kier molecular flexibility index (Phi) is 6.25. The summed E-state index contributed by atoms with van der Waals surface area (Å²) in [6, 6.07) is 4.22. The summed E-state index contributed by atoms with van der Waals surface area (Å²) in [6.07, 6.45) is 0. The van der Waals surface area contributed by atoms with Gasteiger partial charge in [-0.3, -0.25) is 4.90 Å². The summed E-state index contributed by atoms with van der Waals surface area (Å²) >= 11 is 0. The summed E-state index contributed by atoms with van der Waals surface area (Å²) < 4.78 is 18.2. The Hall–Kier alpha value is -1.13. The van der Waals surface area contributed by atoms with E-state index in [1.807, 2.05) is 6.92 Å². The van der Waals surface area contributed by atoms with E-state index in [0.29, 0.717) is 12.5 Å². The third-order valence-electron chi connectivity index (χ3n) is 3.17. The van der Waals surface area contributed by atoms with E-state index in [1.54, 1.807) is 13.2 Å². The summed E-state index contributed by atoms with van der Waals surface area (Å²) in [6.45, 7) is 8.64. The van der Waals surface area contributed by atoms with Crippen molar-refractivity contribution >= 4 is 0 Å². The van der Waals surface area contributed by atoms with Gasteiger partial charge in [-0.05, 0) is 18.9 Å². The average molecular weight is 269 g/mol. The lowest BCUT2D eigenvalue weighted by atomic mass is 10.0. The van der Waals surface area contributed by atoms with E-state index >= 15 is 0 Å². The Morgan fingerprint density at radius 3 is 2.53 bits per heavy atom. The zero-order valence-corrected chi connectivity index (χ0v) is 12.2. The quantitative estimate of drug-likeness (QED) is 0.825. The Bertz CT molecular complexity index is 396. The van der Waals surface area contributed by atoms with Crippen molar-refractivity contribution < 1.29 is 14.2 Å². The van der Waals surface area contributed by atoms with Crippen LogP contribution in [-0.2, 0) is 4.74 Å². The van der Waals surface area contributed by atoms with Crippen molar-refractivity contribution in [2.24, 2.45) is 5.92 Å². The zero-order valence-electron chi connectivity index (χ0n) is 12.2. The predicted octanol–water partition coefficient (Wildman–Crippen LogP) is 3.20. The van der Waals surface area contributed by atoms with Gasteiger partial charge in [0.05, 0.1) is 6.61 Å². The number of rotatable bonds is 7. The average Bonchev–Trinajstić information content (AvgIpc) is 2.33. The van der Waals surface area contributed by atoms with Crippen LogP contribution in [0.4, 0.5) is 4.39 Å². The lowest BCUT2D eigenvalue weighted by Crippen LogP contribution is -2.33. The number of aromatic hydroxyl groups is 1. The number of methoxy groups -OCH3 is 1. The first kappa shape index (κ1) is 15.9. The molecule has 0 fully saturated rings. The molecule has 19 heavy (non-hydrogen) atoms. The van der Waals surface area contributed by atoms with Crippen LogP contribution >= 0.6 is 0 Å². The molecule has 0 aliphatic carbocycles. The monoisotopic (exact) mass is 269 g/mol. The molecule has 0 bridgehead atoms. The zero-order chi connectivity index (χ0) is 14.4. The van der Waals surface area contributed by atoms with Gasteiger partial charge in [-0.25, -0.2) is 4.39 Å². The van der Waals surface area contributed by atoms with Gasteiger partial charge in [0.25, 0.3) is 0 Å². The second kappa shape index (κ2) is 7.46. The normalized spacial score (nSPS) is 13.2. The topological polar surface area (TPSA) is 32.7 Å². The van der Waals surface area contributed by atoms with Crippen LogP contribution in [-0.4, -0.2) is 36.8 Å². The first-order valence-corrected chi connectivity index (χ1v) is 6.67. The highest BCUT2D eigenvalue weighted by Crippen LogP contribution is 2.29. The molecular formula is C15H24FNO2. The van der Waals surface area contributed by atoms with Gasteiger partial charge >= 0.3 is 0 Å². The van der Waals surface area contributed by atoms with Crippen LogP contribution in [0.1, 0.15) is 32.4 Å². The van der Waals surface area contributed by atoms with Gasteiger partial charge in [0.15, 0.2) is 0 Å². The van der Waals surface area contributed by atoms with Crippen molar-refractivity contribution in [1.29, 1.82) is 0 Å². The fourth-order valence-corrected chi connectivity index (χ4v) is 2.19. The first-order valence-electron chi connectivity index (χ1n) is 6.67. The van der Waals surface area contributed by atoms with Crippen LogP contribution in [0.15, 0.2) is 18.2 Å². The fraction of sp³-hybridized carbons (Fsp3) is 0.600. The molecule has 0 spiro atoms. The number of phenols is 1. The van der Waals surface area contributed by atoms with E-state index in [-0.39, 0.29) is 11.8 Å². The molecule has 4 heteroatoms. The lowest BCUT2D eigenvalue weighted by Gasteiger charge is -2.31. The molecule has 0 saturated carbocycles. The van der Waals surface area contributed by atoms with Crippen molar-refractivity contribution in [3.63, 3.8) is 0 Å². The molecule has 1 atom stereocenters. The van der Waals surface area contributed by atoms with E-state index < -0.39 is 5.82 Å². The van der Waals surface area contributed by atoms with E-state index in [9.17, 15) is 9.50 Å². The lowest BCUT2D eigenvalue weighted by molar-refractivity contribution is 0.114. The molecule has 1 aromatic rings. The molecule has 0 aliphatic heterocycles. The number of ether oxygens (including phenoxy) is 1. The molecule has 0 heterocycles. The number of hydrogen-bond acceptors (Lipinski definition) is 3. The molecule has 0 saturated heterocycles. The molecule has 1 rings (SSSR count). The highest BCUT2D eigenvalue weighted by Gasteiger charge is 2.19. The van der Waals surface area contributed by atoms with E-state index in [4.69, 9.17) is 4.74 Å². The van der Waals surface area contributed by atoms with Crippen molar-refractivity contribution in [1.82, 2.24) is 4.90 Å². The van der Waals surface area contributed by atoms with Gasteiger partial charge in [0, 0.05) is 37.9 Å². The molecule has 3 nitrogen and oxygen atoms in total. The fourth-order valence-electron chi connectivity index (χ4n) is 2.19. The minimum atomic E-state index is -0.416. The largest absolute Gasteiger partial charge is 0.508 e. The molecule has 0 radical (unpaired) electrons. The highest BCUT2D eigenvalue weighted by atomic mass is 19.1. The van der Waals surface area contributed by atoms with Gasteiger partial charge in [-0.1, -0.05) is 19.9 Å². The van der Waals surface area contributed by atoms with Gasteiger partial charge < -0.3 is 9.84 Å². The minimum Gasteiger partial charge on any atom is -0.508 e. The molecular weight excluding hydrogens is 245 g/mol. The maximum absolute atomic E-state index is 13.0. The van der Waals surface area contributed by atoms with Crippen LogP contribution in [0.3, 0.4) is 0 Å². The summed E-state index contributed by atoms with van der Waals surface area (Å²) in [5.74, 6) is 0.112. The van der Waals surface area contributed by atoms with Crippen molar-refractivity contribution in [3.8, 4) is 5.75 Å². The number of nitrogens with zero attached hydrogens (tertiary/aromatic N) is 1. The van der Waals surface area contributed by atoms with Gasteiger partial charge in [0.2, 0.25) is 0 Å². The van der Waals surface area contributed by atoms with Crippen LogP contribution < -0.4 is 0 Å². The third kappa shape index (κ3) is 4.80. The first-order chi connectivity index (χ1) is 8.95. The number of benzene rings is 1. The van der Waals surface area contributed by atoms with Crippen LogP contribution in [0.2, 0.25) is 0 Å². The standard InChI is InChI=1S/C15H24FNO2/c1-11(2)10-17(7-8-19-4)12(3)14-6-5-13(16)9-15(14)18/h5-6,9,11-12,18H,7-8,10H2,1-4H3. The number of phenolic OH excluding ortho intramolecular Hbond substituents is 1. The Morgan fingerprint density at radius 2 is 2.00 bits per heavy atom. The molecule has 1 unspecified atom stereocenters. The second-order valence-corrected chi connectivity index (χ2v) is 5.26. The molecule has 0 amide bonds. The second-order valence-electron chi connectivity index (χ2n) is 5.26. The summed E-state index contributed by atoms with van der Waals surface area (Å²) in [5.41, 5.74) is 0.748. The Morgan fingerprint density at radius 1 is 1.32 bits per heavy atom. The predicted molar refractivity (Wildman–Crippen MR) is 74.8 cm³/mol. The highest BCUT2D eigenvalue weighted by molar-refractivity contribution is 5.35. The van der Waals surface area contributed by atoms with E-state index in [0.717, 1.165) is 24.7 Å². The number of hydrogen-bond donors (Lipinski definition) is 1. The smallest absolute Gasteiger partial charge is 0.126 e. The van der Waals surface area contributed by atoms with Gasteiger partial charge in [0.1, 0.15) is 11.6 Å². The summed E-state index contributed by atoms with van der Waals surface area (Å²) in [5, 5.41) is 9.87. The maximum Gasteiger partial charge on any atom is 0.126 e. The molecule has 0 aliphatic rings.